The first kappa shape index (κ1) is 14.6. The maximum atomic E-state index is 13.5. The van der Waals surface area contributed by atoms with Crippen molar-refractivity contribution in [3.05, 3.63) is 34.9 Å². The van der Waals surface area contributed by atoms with Gasteiger partial charge in [-0.2, -0.15) is 5.26 Å². The number of aliphatic hydroxyl groups excluding tert-OH is 1. The second-order valence-electron chi connectivity index (χ2n) is 4.20. The van der Waals surface area contributed by atoms with Gasteiger partial charge in [0.05, 0.1) is 17.7 Å². The summed E-state index contributed by atoms with van der Waals surface area (Å²) in [5.74, 6) is -1.43. The predicted molar refractivity (Wildman–Crippen MR) is 63.7 cm³/mol. The Labute approximate surface area is 105 Å². The molecule has 1 rings (SSSR count). The highest BCUT2D eigenvalue weighted by Crippen LogP contribution is 2.14. The van der Waals surface area contributed by atoms with Crippen molar-refractivity contribution in [2.45, 2.75) is 32.4 Å². The topological polar surface area (TPSA) is 56.0 Å². The third-order valence-corrected chi connectivity index (χ3v) is 2.55. The molecule has 0 aromatic heterocycles. The molecule has 0 heterocycles. The van der Waals surface area contributed by atoms with Crippen LogP contribution in [0.4, 0.5) is 8.78 Å². The smallest absolute Gasteiger partial charge is 0.131 e. The molecule has 1 aromatic carbocycles. The molecule has 1 atom stereocenters. The highest BCUT2D eigenvalue weighted by Gasteiger charge is 2.10. The number of nitriles is 1. The van der Waals surface area contributed by atoms with Crippen LogP contribution in [0, 0.1) is 23.0 Å². The normalized spacial score (nSPS) is 12.2. The lowest BCUT2D eigenvalue weighted by atomic mass is 10.1. The average Bonchev–Trinajstić information content (AvgIpc) is 2.31. The van der Waals surface area contributed by atoms with Gasteiger partial charge in [0.2, 0.25) is 0 Å². The first-order chi connectivity index (χ1) is 8.54. The number of halogens is 2. The molecule has 0 bridgehead atoms. The fourth-order valence-electron chi connectivity index (χ4n) is 1.57. The minimum Gasteiger partial charge on any atom is -0.393 e. The molecule has 0 fully saturated rings. The molecule has 18 heavy (non-hydrogen) atoms. The van der Waals surface area contributed by atoms with Gasteiger partial charge >= 0.3 is 0 Å². The van der Waals surface area contributed by atoms with E-state index in [1.54, 1.807) is 13.0 Å². The summed E-state index contributed by atoms with van der Waals surface area (Å²) >= 11 is 0. The van der Waals surface area contributed by atoms with E-state index in [0.29, 0.717) is 13.0 Å². The van der Waals surface area contributed by atoms with E-state index in [0.717, 1.165) is 18.6 Å². The molecular weight excluding hydrogens is 238 g/mol. The van der Waals surface area contributed by atoms with Gasteiger partial charge in [0.25, 0.3) is 0 Å². The zero-order valence-electron chi connectivity index (χ0n) is 10.2. The van der Waals surface area contributed by atoms with Crippen LogP contribution in [0.25, 0.3) is 0 Å². The molecule has 0 aliphatic heterocycles. The van der Waals surface area contributed by atoms with Crippen LogP contribution in [-0.2, 0) is 6.54 Å². The molecule has 0 radical (unpaired) electrons. The summed E-state index contributed by atoms with van der Waals surface area (Å²) in [6, 6.07) is 3.74. The molecule has 1 unspecified atom stereocenters. The van der Waals surface area contributed by atoms with Crippen molar-refractivity contribution in [1.82, 2.24) is 5.32 Å². The maximum absolute atomic E-state index is 13.5. The standard InChI is InChI=1S/C13H16F2N2O/c1-9(18)3-2-4-17-8-11-12(14)5-10(7-16)6-13(11)15/h5-6,9,17-18H,2-4,8H2,1H3. The minimum absolute atomic E-state index is 0.0251. The lowest BCUT2D eigenvalue weighted by Crippen LogP contribution is -2.18. The zero-order chi connectivity index (χ0) is 13.5. The quantitative estimate of drug-likeness (QED) is 0.764. The van der Waals surface area contributed by atoms with Gasteiger partial charge in [-0.05, 0) is 38.4 Å². The molecule has 0 amide bonds. The van der Waals surface area contributed by atoms with Crippen LogP contribution in [0.3, 0.4) is 0 Å². The first-order valence-electron chi connectivity index (χ1n) is 5.81. The van der Waals surface area contributed by atoms with E-state index in [1.165, 1.54) is 0 Å². The Kier molecular flexibility index (Phi) is 5.69. The summed E-state index contributed by atoms with van der Waals surface area (Å²) in [6.07, 6.45) is 1.01. The highest BCUT2D eigenvalue weighted by molar-refractivity contribution is 5.34. The van der Waals surface area contributed by atoms with E-state index >= 15 is 0 Å². The van der Waals surface area contributed by atoms with E-state index < -0.39 is 11.6 Å². The second-order valence-corrected chi connectivity index (χ2v) is 4.20. The monoisotopic (exact) mass is 254 g/mol. The van der Waals surface area contributed by atoms with Gasteiger partial charge in [0, 0.05) is 12.1 Å². The SMILES string of the molecule is CC(O)CCCNCc1c(F)cc(C#N)cc1F. The van der Waals surface area contributed by atoms with E-state index in [2.05, 4.69) is 5.32 Å². The molecule has 98 valence electrons. The molecule has 3 nitrogen and oxygen atoms in total. The number of rotatable bonds is 6. The van der Waals surface area contributed by atoms with Crippen LogP contribution in [0.2, 0.25) is 0 Å². The van der Waals surface area contributed by atoms with Crippen molar-refractivity contribution in [2.24, 2.45) is 0 Å². The lowest BCUT2D eigenvalue weighted by molar-refractivity contribution is 0.181. The van der Waals surface area contributed by atoms with Crippen molar-refractivity contribution >= 4 is 0 Å². The highest BCUT2D eigenvalue weighted by atomic mass is 19.1. The number of nitrogens with one attached hydrogen (secondary N) is 1. The van der Waals surface area contributed by atoms with Crippen LogP contribution >= 0.6 is 0 Å². The Morgan fingerprint density at radius 3 is 2.50 bits per heavy atom. The number of benzene rings is 1. The molecule has 0 aliphatic rings. The number of aliphatic hydroxyl groups is 1. The average molecular weight is 254 g/mol. The summed E-state index contributed by atoms with van der Waals surface area (Å²) in [7, 11) is 0. The number of nitrogens with zero attached hydrogens (tertiary/aromatic N) is 1. The predicted octanol–water partition coefficient (Wildman–Crippen LogP) is 2.09. The number of hydrogen-bond donors (Lipinski definition) is 2. The summed E-state index contributed by atoms with van der Waals surface area (Å²) in [6.45, 7) is 2.34. The van der Waals surface area contributed by atoms with Crippen LogP contribution < -0.4 is 5.32 Å². The Morgan fingerprint density at radius 2 is 2.00 bits per heavy atom. The van der Waals surface area contributed by atoms with Crippen LogP contribution in [0.15, 0.2) is 12.1 Å². The van der Waals surface area contributed by atoms with Crippen molar-refractivity contribution in [1.29, 1.82) is 5.26 Å². The lowest BCUT2D eigenvalue weighted by Gasteiger charge is -2.08. The molecule has 0 saturated heterocycles. The molecular formula is C13H16F2N2O. The van der Waals surface area contributed by atoms with E-state index in [-0.39, 0.29) is 23.8 Å². The molecule has 0 saturated carbocycles. The fraction of sp³-hybridized carbons (Fsp3) is 0.462. The summed E-state index contributed by atoms with van der Waals surface area (Å²) in [5.41, 5.74) is -0.0890. The van der Waals surface area contributed by atoms with E-state index in [4.69, 9.17) is 10.4 Å². The van der Waals surface area contributed by atoms with Crippen molar-refractivity contribution in [2.75, 3.05) is 6.54 Å². The third kappa shape index (κ3) is 4.40. The third-order valence-electron chi connectivity index (χ3n) is 2.55. The molecule has 0 aliphatic carbocycles. The van der Waals surface area contributed by atoms with Gasteiger partial charge in [0.15, 0.2) is 0 Å². The Bertz CT molecular complexity index is 418. The van der Waals surface area contributed by atoms with E-state index in [9.17, 15) is 8.78 Å². The van der Waals surface area contributed by atoms with Crippen molar-refractivity contribution in [3.63, 3.8) is 0 Å². The fourth-order valence-corrected chi connectivity index (χ4v) is 1.57. The second kappa shape index (κ2) is 7.04. The van der Waals surface area contributed by atoms with Gasteiger partial charge in [-0.3, -0.25) is 0 Å². The molecule has 0 spiro atoms. The minimum atomic E-state index is -0.713. The van der Waals surface area contributed by atoms with E-state index in [1.807, 2.05) is 0 Å². The Morgan fingerprint density at radius 1 is 1.39 bits per heavy atom. The molecule has 2 N–H and O–H groups in total. The maximum Gasteiger partial charge on any atom is 0.131 e. The zero-order valence-corrected chi connectivity index (χ0v) is 10.2. The van der Waals surface area contributed by atoms with Gasteiger partial charge in [-0.1, -0.05) is 0 Å². The van der Waals surface area contributed by atoms with Gasteiger partial charge in [-0.15, -0.1) is 0 Å². The summed E-state index contributed by atoms with van der Waals surface area (Å²) < 4.78 is 26.9. The summed E-state index contributed by atoms with van der Waals surface area (Å²) in [5, 5.41) is 20.5. The summed E-state index contributed by atoms with van der Waals surface area (Å²) in [4.78, 5) is 0. The van der Waals surface area contributed by atoms with Crippen molar-refractivity contribution < 1.29 is 13.9 Å². The Balaban J connectivity index is 2.50. The van der Waals surface area contributed by atoms with Crippen molar-refractivity contribution in [3.8, 4) is 6.07 Å². The van der Waals surface area contributed by atoms with Gasteiger partial charge in [-0.25, -0.2) is 8.78 Å². The molecule has 1 aromatic rings. The number of hydrogen-bond acceptors (Lipinski definition) is 3. The van der Waals surface area contributed by atoms with Gasteiger partial charge < -0.3 is 10.4 Å². The van der Waals surface area contributed by atoms with Crippen LogP contribution in [0.1, 0.15) is 30.9 Å². The first-order valence-corrected chi connectivity index (χ1v) is 5.81. The van der Waals surface area contributed by atoms with Crippen LogP contribution in [0.5, 0.6) is 0 Å². The molecule has 5 heteroatoms. The van der Waals surface area contributed by atoms with Gasteiger partial charge in [0.1, 0.15) is 11.6 Å². The largest absolute Gasteiger partial charge is 0.393 e. The Hall–Kier alpha value is -1.51. The van der Waals surface area contributed by atoms with Crippen LogP contribution in [-0.4, -0.2) is 17.8 Å².